The number of allylic oxidation sites excluding steroid dienone is 2. The maximum atomic E-state index is 5.41. The molecular weight excluding hydrogens is 144 g/mol. The van der Waals surface area contributed by atoms with E-state index in [1.165, 1.54) is 14.2 Å². The molecule has 0 radical (unpaired) electrons. The Kier molecular flexibility index (Phi) is 3.95. The van der Waals surface area contributed by atoms with Crippen molar-refractivity contribution in [3.63, 3.8) is 0 Å². The van der Waals surface area contributed by atoms with Crippen molar-refractivity contribution in [3.8, 4) is 0 Å². The number of rotatable bonds is 3. The normalized spacial score (nSPS) is 13.9. The van der Waals surface area contributed by atoms with Gasteiger partial charge in [-0.2, -0.15) is 0 Å². The van der Waals surface area contributed by atoms with Crippen LogP contribution in [0.15, 0.2) is 23.4 Å². The maximum absolute atomic E-state index is 5.41. The minimum absolute atomic E-state index is 0.220. The molecule has 0 aromatic carbocycles. The Labute approximate surface area is 66.5 Å². The molecule has 0 aliphatic heterocycles. The van der Waals surface area contributed by atoms with Gasteiger partial charge in [0.05, 0.1) is 14.2 Å². The zero-order chi connectivity index (χ0) is 8.85. The number of hydrogen-bond donors (Lipinski definition) is 2. The molecule has 0 aromatic heterocycles. The van der Waals surface area contributed by atoms with Crippen LogP contribution in [0.4, 0.5) is 0 Å². The smallest absolute Gasteiger partial charge is 0.227 e. The highest BCUT2D eigenvalue weighted by Crippen LogP contribution is 2.03. The van der Waals surface area contributed by atoms with Crippen molar-refractivity contribution in [2.45, 2.75) is 6.92 Å². The van der Waals surface area contributed by atoms with Crippen LogP contribution in [0.3, 0.4) is 0 Å². The summed E-state index contributed by atoms with van der Waals surface area (Å²) in [6.45, 7) is 1.74. The molecule has 0 aromatic rings. The van der Waals surface area contributed by atoms with Gasteiger partial charge in [0.1, 0.15) is 0 Å². The molecule has 0 saturated heterocycles. The van der Waals surface area contributed by atoms with Crippen LogP contribution in [0.2, 0.25) is 0 Å². The van der Waals surface area contributed by atoms with Crippen LogP contribution in [-0.2, 0) is 9.47 Å². The molecule has 4 nitrogen and oxygen atoms in total. The number of hydrogen-bond acceptors (Lipinski definition) is 4. The third kappa shape index (κ3) is 3.40. The van der Waals surface area contributed by atoms with Crippen molar-refractivity contribution in [2.24, 2.45) is 11.5 Å². The van der Waals surface area contributed by atoms with Gasteiger partial charge in [-0.1, -0.05) is 0 Å². The van der Waals surface area contributed by atoms with Gasteiger partial charge in [0.15, 0.2) is 5.76 Å². The van der Waals surface area contributed by atoms with E-state index in [0.29, 0.717) is 11.5 Å². The van der Waals surface area contributed by atoms with E-state index in [2.05, 4.69) is 0 Å². The quantitative estimate of drug-likeness (QED) is 0.457. The van der Waals surface area contributed by atoms with E-state index in [-0.39, 0.29) is 5.88 Å². The summed E-state index contributed by atoms with van der Waals surface area (Å²) in [6.07, 6.45) is 1.60. The van der Waals surface area contributed by atoms with Crippen molar-refractivity contribution in [2.75, 3.05) is 14.2 Å². The van der Waals surface area contributed by atoms with Crippen molar-refractivity contribution in [1.29, 1.82) is 0 Å². The lowest BCUT2D eigenvalue weighted by atomic mass is 10.4. The molecule has 0 bridgehead atoms. The molecular formula is C7H14N2O2. The topological polar surface area (TPSA) is 70.5 Å². The zero-order valence-electron chi connectivity index (χ0n) is 7.05. The molecule has 0 saturated carbocycles. The van der Waals surface area contributed by atoms with Crippen molar-refractivity contribution in [3.05, 3.63) is 23.4 Å². The summed E-state index contributed by atoms with van der Waals surface area (Å²) in [5, 5.41) is 0. The second-order valence-electron chi connectivity index (χ2n) is 2.03. The van der Waals surface area contributed by atoms with E-state index in [1.54, 1.807) is 13.0 Å². The Morgan fingerprint density at radius 3 is 2.00 bits per heavy atom. The lowest BCUT2D eigenvalue weighted by molar-refractivity contribution is 0.228. The van der Waals surface area contributed by atoms with Gasteiger partial charge in [-0.25, -0.2) is 0 Å². The van der Waals surface area contributed by atoms with Gasteiger partial charge >= 0.3 is 0 Å². The highest BCUT2D eigenvalue weighted by molar-refractivity contribution is 5.17. The summed E-state index contributed by atoms with van der Waals surface area (Å²) in [5.41, 5.74) is 11.4. The Hall–Kier alpha value is -1.32. The van der Waals surface area contributed by atoms with E-state index < -0.39 is 0 Å². The lowest BCUT2D eigenvalue weighted by Crippen LogP contribution is -2.06. The highest BCUT2D eigenvalue weighted by atomic mass is 16.5. The molecule has 0 aliphatic carbocycles. The molecule has 64 valence electrons. The second kappa shape index (κ2) is 4.49. The third-order valence-corrected chi connectivity index (χ3v) is 1.04. The van der Waals surface area contributed by atoms with Gasteiger partial charge in [-0.3, -0.25) is 0 Å². The predicted molar refractivity (Wildman–Crippen MR) is 43.2 cm³/mol. The highest BCUT2D eigenvalue weighted by Gasteiger charge is 1.98. The molecule has 4 N–H and O–H groups in total. The third-order valence-electron chi connectivity index (χ3n) is 1.04. The first-order valence-electron chi connectivity index (χ1n) is 3.13. The first-order valence-corrected chi connectivity index (χ1v) is 3.13. The van der Waals surface area contributed by atoms with Crippen molar-refractivity contribution < 1.29 is 9.47 Å². The fourth-order valence-electron chi connectivity index (χ4n) is 0.538. The molecule has 0 fully saturated rings. The minimum atomic E-state index is 0.220. The molecule has 0 rings (SSSR count). The molecule has 0 unspecified atom stereocenters. The number of methoxy groups -OCH3 is 2. The molecule has 0 atom stereocenters. The van der Waals surface area contributed by atoms with Gasteiger partial charge < -0.3 is 20.9 Å². The number of nitrogens with two attached hydrogens (primary N) is 2. The summed E-state index contributed by atoms with van der Waals surface area (Å²) in [5.74, 6) is 0.657. The van der Waals surface area contributed by atoms with Crippen LogP contribution in [0.5, 0.6) is 0 Å². The minimum Gasteiger partial charge on any atom is -0.491 e. The molecule has 0 aliphatic rings. The van der Waals surface area contributed by atoms with Crippen LogP contribution in [0.1, 0.15) is 6.92 Å². The van der Waals surface area contributed by atoms with Crippen LogP contribution < -0.4 is 11.5 Å². The van der Waals surface area contributed by atoms with E-state index in [9.17, 15) is 0 Å². The summed E-state index contributed by atoms with van der Waals surface area (Å²) in [7, 11) is 2.97. The van der Waals surface area contributed by atoms with Gasteiger partial charge in [-0.15, -0.1) is 0 Å². The Bertz CT molecular complexity index is 181. The van der Waals surface area contributed by atoms with E-state index in [0.717, 1.165) is 0 Å². The van der Waals surface area contributed by atoms with E-state index >= 15 is 0 Å². The van der Waals surface area contributed by atoms with Gasteiger partial charge in [0, 0.05) is 11.8 Å². The summed E-state index contributed by atoms with van der Waals surface area (Å²) in [4.78, 5) is 0. The number of ether oxygens (including phenoxy) is 2. The second-order valence-corrected chi connectivity index (χ2v) is 2.03. The Balaban J connectivity index is 4.52. The average molecular weight is 158 g/mol. The SMILES string of the molecule is CO/C(N)=C(/C=C(/C)N)OC. The Morgan fingerprint density at radius 1 is 1.18 bits per heavy atom. The fourth-order valence-corrected chi connectivity index (χ4v) is 0.538. The van der Waals surface area contributed by atoms with E-state index in [4.69, 9.17) is 20.9 Å². The first kappa shape index (κ1) is 9.68. The molecule has 4 heteroatoms. The average Bonchev–Trinajstić information content (AvgIpc) is 1.98. The first-order chi connectivity index (χ1) is 5.11. The van der Waals surface area contributed by atoms with Crippen LogP contribution in [0.25, 0.3) is 0 Å². The fraction of sp³-hybridized carbons (Fsp3) is 0.429. The summed E-state index contributed by atoms with van der Waals surface area (Å²) in [6, 6.07) is 0. The predicted octanol–water partition coefficient (Wildman–Crippen LogP) is 0.269. The van der Waals surface area contributed by atoms with Gasteiger partial charge in [0.2, 0.25) is 5.88 Å². The van der Waals surface area contributed by atoms with Crippen LogP contribution in [-0.4, -0.2) is 14.2 Å². The summed E-state index contributed by atoms with van der Waals surface area (Å²) >= 11 is 0. The Morgan fingerprint density at radius 2 is 1.73 bits per heavy atom. The molecule has 0 amide bonds. The van der Waals surface area contributed by atoms with Gasteiger partial charge in [0.25, 0.3) is 0 Å². The maximum Gasteiger partial charge on any atom is 0.227 e. The molecule has 0 heterocycles. The molecule has 11 heavy (non-hydrogen) atoms. The monoisotopic (exact) mass is 158 g/mol. The van der Waals surface area contributed by atoms with Crippen LogP contribution in [0, 0.1) is 0 Å². The van der Waals surface area contributed by atoms with Crippen LogP contribution >= 0.6 is 0 Å². The largest absolute Gasteiger partial charge is 0.491 e. The standard InChI is InChI=1S/C7H14N2O2/c1-5(8)4-6(10-2)7(9)11-3/h4H,8-9H2,1-3H3/b5-4-,7-6-. The van der Waals surface area contributed by atoms with E-state index in [1.807, 2.05) is 0 Å². The van der Waals surface area contributed by atoms with Gasteiger partial charge in [-0.05, 0) is 6.92 Å². The van der Waals surface area contributed by atoms with Crippen molar-refractivity contribution in [1.82, 2.24) is 0 Å². The molecule has 0 spiro atoms. The summed E-state index contributed by atoms with van der Waals surface area (Å²) < 4.78 is 9.62. The van der Waals surface area contributed by atoms with Crippen molar-refractivity contribution >= 4 is 0 Å². The lowest BCUT2D eigenvalue weighted by Gasteiger charge is -2.05. The zero-order valence-corrected chi connectivity index (χ0v) is 7.05.